The summed E-state index contributed by atoms with van der Waals surface area (Å²) >= 11 is 0. The summed E-state index contributed by atoms with van der Waals surface area (Å²) in [6, 6.07) is 9.84. The molecule has 52 heavy (non-hydrogen) atoms. The number of nitrogens with zero attached hydrogens (tertiary/aromatic N) is 4. The Morgan fingerprint density at radius 3 is 2.35 bits per heavy atom. The van der Waals surface area contributed by atoms with Crippen LogP contribution in [0.1, 0.15) is 49.2 Å². The molecule has 2 aliphatic rings. The molecule has 4 rings (SSSR count). The van der Waals surface area contributed by atoms with Gasteiger partial charge in [0.25, 0.3) is 5.91 Å². The minimum Gasteiger partial charge on any atom is -0.379 e. The quantitative estimate of drug-likeness (QED) is 0.163. The third kappa shape index (κ3) is 13.6. The molecule has 0 aliphatic carbocycles. The lowest BCUT2D eigenvalue weighted by atomic mass is 9.96. The van der Waals surface area contributed by atoms with Crippen LogP contribution in [0.2, 0.25) is 0 Å². The number of hydrogen-bond donors (Lipinski definition) is 3. The van der Waals surface area contributed by atoms with Crippen LogP contribution in [0.4, 0.5) is 5.69 Å². The van der Waals surface area contributed by atoms with Crippen molar-refractivity contribution in [3.8, 4) is 11.1 Å². The van der Waals surface area contributed by atoms with Gasteiger partial charge in [0.15, 0.2) is 5.69 Å². The minimum atomic E-state index is -0.430. The topological polar surface area (TPSA) is 155 Å². The molecule has 2 aromatic rings. The number of rotatable bonds is 21. The highest BCUT2D eigenvalue weighted by Gasteiger charge is 2.23. The van der Waals surface area contributed by atoms with Gasteiger partial charge in [0, 0.05) is 64.5 Å². The van der Waals surface area contributed by atoms with Crippen molar-refractivity contribution in [3.63, 3.8) is 0 Å². The van der Waals surface area contributed by atoms with E-state index in [0.29, 0.717) is 64.7 Å². The SMILES string of the molecule is CCc1cccc(-c2cnc(C(=O)NCCOCCOCCOCCC(=O)N3CCN(CC)CC3)c(NC(=O)CNCC3CCN(C)C(=O)C3)c2)c1. The predicted molar refractivity (Wildman–Crippen MR) is 199 cm³/mol. The Balaban J connectivity index is 1.15. The van der Waals surface area contributed by atoms with E-state index in [1.54, 1.807) is 24.2 Å². The Bertz CT molecular complexity index is 1450. The zero-order valence-corrected chi connectivity index (χ0v) is 31.1. The molecule has 4 amide bonds. The van der Waals surface area contributed by atoms with E-state index >= 15 is 0 Å². The van der Waals surface area contributed by atoms with Crippen LogP contribution in [0.3, 0.4) is 0 Å². The lowest BCUT2D eigenvalue weighted by Gasteiger charge is -2.34. The number of anilines is 1. The number of amides is 4. The largest absolute Gasteiger partial charge is 0.379 e. The molecule has 0 spiro atoms. The summed E-state index contributed by atoms with van der Waals surface area (Å²) in [7, 11) is 1.81. The highest BCUT2D eigenvalue weighted by Crippen LogP contribution is 2.25. The molecule has 286 valence electrons. The monoisotopic (exact) mass is 723 g/mol. The van der Waals surface area contributed by atoms with E-state index in [-0.39, 0.29) is 49.0 Å². The van der Waals surface area contributed by atoms with E-state index in [4.69, 9.17) is 14.2 Å². The summed E-state index contributed by atoms with van der Waals surface area (Å²) in [5.41, 5.74) is 3.31. The Morgan fingerprint density at radius 2 is 1.63 bits per heavy atom. The van der Waals surface area contributed by atoms with E-state index in [0.717, 1.165) is 56.7 Å². The lowest BCUT2D eigenvalue weighted by Crippen LogP contribution is -2.48. The molecule has 2 saturated heterocycles. The van der Waals surface area contributed by atoms with Crippen molar-refractivity contribution in [1.29, 1.82) is 0 Å². The lowest BCUT2D eigenvalue weighted by molar-refractivity contribution is -0.134. The first-order chi connectivity index (χ1) is 25.3. The highest BCUT2D eigenvalue weighted by molar-refractivity contribution is 6.03. The van der Waals surface area contributed by atoms with Crippen LogP contribution in [0.25, 0.3) is 11.1 Å². The number of piperazine rings is 1. The number of pyridine rings is 1. The summed E-state index contributed by atoms with van der Waals surface area (Å²) < 4.78 is 16.7. The molecule has 0 bridgehead atoms. The molecule has 1 aromatic carbocycles. The van der Waals surface area contributed by atoms with E-state index < -0.39 is 5.91 Å². The molecule has 1 aromatic heterocycles. The van der Waals surface area contributed by atoms with Gasteiger partial charge in [-0.2, -0.15) is 0 Å². The predicted octanol–water partition coefficient (Wildman–Crippen LogP) is 2.04. The molecular formula is C38H57N7O7. The summed E-state index contributed by atoms with van der Waals surface area (Å²) in [6.07, 6.45) is 4.24. The second kappa shape index (κ2) is 22.2. The Morgan fingerprint density at radius 1 is 0.904 bits per heavy atom. The number of likely N-dealkylation sites (N-methyl/N-ethyl adjacent to an activating group) is 1. The molecule has 3 N–H and O–H groups in total. The van der Waals surface area contributed by atoms with Crippen molar-refractivity contribution in [2.45, 2.75) is 39.5 Å². The second-order valence-corrected chi connectivity index (χ2v) is 13.2. The van der Waals surface area contributed by atoms with Gasteiger partial charge in [-0.25, -0.2) is 4.98 Å². The van der Waals surface area contributed by atoms with E-state index in [2.05, 4.69) is 51.8 Å². The normalized spacial score (nSPS) is 16.6. The number of piperidine rings is 1. The van der Waals surface area contributed by atoms with Crippen molar-refractivity contribution in [1.82, 2.24) is 30.3 Å². The number of carbonyl (C=O) groups is 4. The van der Waals surface area contributed by atoms with Crippen LogP contribution in [0.15, 0.2) is 36.5 Å². The van der Waals surface area contributed by atoms with Crippen molar-refractivity contribution < 1.29 is 33.4 Å². The summed E-state index contributed by atoms with van der Waals surface area (Å²) in [4.78, 5) is 61.0. The highest BCUT2D eigenvalue weighted by atomic mass is 16.5. The first-order valence-corrected chi connectivity index (χ1v) is 18.6. The average molecular weight is 724 g/mol. The molecule has 0 radical (unpaired) electrons. The first-order valence-electron chi connectivity index (χ1n) is 18.6. The standard InChI is InChI=1S/C38H57N7O7/c1-4-29-7-6-8-31(23-29)32-25-33(42-34(46)28-39-26-30-9-12-43(3)36(48)24-30)37(41-27-32)38(49)40-11-18-51-20-22-52-21-19-50-17-10-35(47)45-15-13-44(5-2)14-16-45/h6-8,23,25,27,30,39H,4-5,9-22,24,26,28H2,1-3H3,(H,40,49)(H,42,46). The van der Waals surface area contributed by atoms with Gasteiger partial charge in [0.05, 0.1) is 58.3 Å². The van der Waals surface area contributed by atoms with Crippen molar-refractivity contribution >= 4 is 29.3 Å². The number of likely N-dealkylation sites (tertiary alicyclic amines) is 1. The van der Waals surface area contributed by atoms with Gasteiger partial charge in [-0.3, -0.25) is 19.2 Å². The number of benzene rings is 1. The fraction of sp³-hybridized carbons (Fsp3) is 0.605. The number of ether oxygens (including phenoxy) is 3. The fourth-order valence-corrected chi connectivity index (χ4v) is 6.13. The van der Waals surface area contributed by atoms with Crippen LogP contribution in [0, 0.1) is 5.92 Å². The van der Waals surface area contributed by atoms with Gasteiger partial charge in [-0.1, -0.05) is 38.1 Å². The number of hydrogen-bond acceptors (Lipinski definition) is 10. The fourth-order valence-electron chi connectivity index (χ4n) is 6.13. The van der Waals surface area contributed by atoms with Crippen molar-refractivity contribution in [2.75, 3.05) is 111 Å². The molecule has 1 unspecified atom stereocenters. The van der Waals surface area contributed by atoms with Gasteiger partial charge in [-0.05, 0) is 49.0 Å². The molecule has 14 heteroatoms. The summed E-state index contributed by atoms with van der Waals surface area (Å²) in [5.74, 6) is -0.304. The maximum Gasteiger partial charge on any atom is 0.272 e. The smallest absolute Gasteiger partial charge is 0.272 e. The van der Waals surface area contributed by atoms with Crippen LogP contribution in [0.5, 0.6) is 0 Å². The summed E-state index contributed by atoms with van der Waals surface area (Å²) in [6.45, 7) is 12.4. The van der Waals surface area contributed by atoms with Gasteiger partial charge in [0.1, 0.15) is 0 Å². The maximum atomic E-state index is 13.2. The molecule has 0 saturated carbocycles. The Hall–Kier alpha value is -3.95. The van der Waals surface area contributed by atoms with Crippen LogP contribution < -0.4 is 16.0 Å². The molecule has 14 nitrogen and oxygen atoms in total. The maximum absolute atomic E-state index is 13.2. The number of nitrogens with one attached hydrogen (secondary N) is 3. The Labute approximate surface area is 307 Å². The molecule has 2 aliphatic heterocycles. The van der Waals surface area contributed by atoms with Gasteiger partial charge >= 0.3 is 0 Å². The van der Waals surface area contributed by atoms with Gasteiger partial charge in [-0.15, -0.1) is 0 Å². The number of carbonyl (C=O) groups excluding carboxylic acids is 4. The van der Waals surface area contributed by atoms with E-state index in [9.17, 15) is 19.2 Å². The zero-order valence-electron chi connectivity index (χ0n) is 31.1. The summed E-state index contributed by atoms with van der Waals surface area (Å²) in [5, 5.41) is 8.86. The average Bonchev–Trinajstić information content (AvgIpc) is 3.16. The molecular weight excluding hydrogens is 666 g/mol. The van der Waals surface area contributed by atoms with Crippen molar-refractivity contribution in [3.05, 3.63) is 47.8 Å². The van der Waals surface area contributed by atoms with Gasteiger partial charge < -0.3 is 44.9 Å². The number of aromatic nitrogens is 1. The minimum absolute atomic E-state index is 0.0375. The van der Waals surface area contributed by atoms with E-state index in [1.807, 2.05) is 17.0 Å². The molecule has 1 atom stereocenters. The third-order valence-electron chi connectivity index (χ3n) is 9.43. The zero-order chi connectivity index (χ0) is 37.1. The van der Waals surface area contributed by atoms with Crippen LogP contribution >= 0.6 is 0 Å². The van der Waals surface area contributed by atoms with Crippen LogP contribution in [-0.2, 0) is 35.0 Å². The molecule has 3 heterocycles. The van der Waals surface area contributed by atoms with Crippen molar-refractivity contribution in [2.24, 2.45) is 5.92 Å². The Kier molecular flexibility index (Phi) is 17.4. The second-order valence-electron chi connectivity index (χ2n) is 13.2. The first kappa shape index (κ1) is 40.8. The third-order valence-corrected chi connectivity index (χ3v) is 9.43. The van der Waals surface area contributed by atoms with E-state index in [1.165, 1.54) is 5.56 Å². The molecule has 2 fully saturated rings. The number of aryl methyl sites for hydroxylation is 1. The van der Waals surface area contributed by atoms with Crippen LogP contribution in [-0.4, -0.2) is 149 Å². The van der Waals surface area contributed by atoms with Gasteiger partial charge in [0.2, 0.25) is 17.7 Å².